The third kappa shape index (κ3) is 3.45. The summed E-state index contributed by atoms with van der Waals surface area (Å²) in [5.41, 5.74) is 7.65. The average molecular weight is 344 g/mol. The average Bonchev–Trinajstić information content (AvgIpc) is 2.52. The molecule has 0 saturated heterocycles. The first-order chi connectivity index (χ1) is 11.6. The lowest BCUT2D eigenvalue weighted by molar-refractivity contribution is -0.136. The Bertz CT molecular complexity index is 921. The normalized spacial score (nSPS) is 12.6. The molecule has 0 atom stereocenters. The molecule has 2 aromatic carbocycles. The van der Waals surface area contributed by atoms with Crippen molar-refractivity contribution < 1.29 is 13.2 Å². The van der Waals surface area contributed by atoms with Gasteiger partial charge in [-0.05, 0) is 29.2 Å². The predicted molar refractivity (Wildman–Crippen MR) is 95.3 cm³/mol. The summed E-state index contributed by atoms with van der Waals surface area (Å²) in [7, 11) is 0. The van der Waals surface area contributed by atoms with Crippen molar-refractivity contribution in [2.24, 2.45) is 0 Å². The smallest absolute Gasteiger partial charge is 0.399 e. The lowest BCUT2D eigenvalue weighted by Crippen LogP contribution is -2.10. The molecule has 0 fully saturated rings. The summed E-state index contributed by atoms with van der Waals surface area (Å²) in [5, 5.41) is 0.0526. The van der Waals surface area contributed by atoms with Crippen LogP contribution >= 0.6 is 0 Å². The maximum Gasteiger partial charge on any atom is 0.417 e. The number of nitrogen functional groups attached to an aromatic ring is 1. The van der Waals surface area contributed by atoms with Crippen molar-refractivity contribution in [3.8, 4) is 11.3 Å². The molecule has 0 aliphatic rings. The molecule has 0 radical (unpaired) electrons. The van der Waals surface area contributed by atoms with Crippen molar-refractivity contribution >= 4 is 16.6 Å². The van der Waals surface area contributed by atoms with Gasteiger partial charge in [0.2, 0.25) is 0 Å². The van der Waals surface area contributed by atoms with Gasteiger partial charge in [-0.15, -0.1) is 0 Å². The topological polar surface area (TPSA) is 38.9 Å². The molecule has 0 unspecified atom stereocenters. The van der Waals surface area contributed by atoms with Crippen LogP contribution < -0.4 is 5.73 Å². The van der Waals surface area contributed by atoms with Crippen LogP contribution in [0.15, 0.2) is 48.5 Å². The third-order valence-electron chi connectivity index (χ3n) is 4.19. The number of hydrogen-bond donors (Lipinski definition) is 1. The number of fused-ring (bicyclic) bond motifs is 1. The second kappa shape index (κ2) is 5.76. The van der Waals surface area contributed by atoms with E-state index in [0.717, 1.165) is 11.6 Å². The van der Waals surface area contributed by atoms with Crippen molar-refractivity contribution in [3.05, 3.63) is 59.7 Å². The number of halogens is 3. The van der Waals surface area contributed by atoms with Crippen LogP contribution in [0.4, 0.5) is 18.9 Å². The number of pyridine rings is 1. The van der Waals surface area contributed by atoms with E-state index < -0.39 is 11.7 Å². The van der Waals surface area contributed by atoms with E-state index in [9.17, 15) is 13.2 Å². The molecule has 0 saturated carbocycles. The van der Waals surface area contributed by atoms with Gasteiger partial charge in [-0.1, -0.05) is 51.1 Å². The highest BCUT2D eigenvalue weighted by atomic mass is 19.4. The summed E-state index contributed by atoms with van der Waals surface area (Å²) in [6.07, 6.45) is -4.46. The molecule has 0 aliphatic heterocycles. The zero-order valence-corrected chi connectivity index (χ0v) is 14.3. The quantitative estimate of drug-likeness (QED) is 0.567. The van der Waals surface area contributed by atoms with Crippen LogP contribution in [-0.4, -0.2) is 4.98 Å². The Kier molecular flexibility index (Phi) is 3.98. The van der Waals surface area contributed by atoms with Crippen LogP contribution in [0.1, 0.15) is 31.9 Å². The number of rotatable bonds is 1. The Morgan fingerprint density at radius 1 is 0.880 bits per heavy atom. The van der Waals surface area contributed by atoms with Gasteiger partial charge >= 0.3 is 6.18 Å². The van der Waals surface area contributed by atoms with Crippen molar-refractivity contribution in [1.29, 1.82) is 0 Å². The van der Waals surface area contributed by atoms with Crippen LogP contribution in [0.25, 0.3) is 22.2 Å². The Labute approximate surface area is 144 Å². The number of nitrogens with zero attached hydrogens (tertiary/aromatic N) is 1. The molecule has 0 spiro atoms. The molecule has 130 valence electrons. The van der Waals surface area contributed by atoms with Gasteiger partial charge in [-0.3, -0.25) is 0 Å². The molecule has 25 heavy (non-hydrogen) atoms. The standard InChI is InChI=1S/C20H19F3N2/c1-19(2,3)13-6-4-12(5-7-13)17-11-16(20(21,22)23)15-9-8-14(24)10-18(15)25-17/h4-11H,24H2,1-3H3. The number of alkyl halides is 3. The minimum absolute atomic E-state index is 0.0269. The first-order valence-corrected chi connectivity index (χ1v) is 7.94. The molecule has 0 amide bonds. The molecule has 0 bridgehead atoms. The van der Waals surface area contributed by atoms with Gasteiger partial charge in [-0.25, -0.2) is 4.98 Å². The molecule has 3 aromatic rings. The largest absolute Gasteiger partial charge is 0.417 e. The third-order valence-corrected chi connectivity index (χ3v) is 4.19. The molecule has 5 heteroatoms. The van der Waals surface area contributed by atoms with E-state index in [2.05, 4.69) is 25.8 Å². The molecule has 2 N–H and O–H groups in total. The summed E-state index contributed by atoms with van der Waals surface area (Å²) in [5.74, 6) is 0. The summed E-state index contributed by atoms with van der Waals surface area (Å²) in [6.45, 7) is 6.25. The van der Waals surface area contributed by atoms with E-state index >= 15 is 0 Å². The minimum Gasteiger partial charge on any atom is -0.399 e. The maximum atomic E-state index is 13.5. The lowest BCUT2D eigenvalue weighted by atomic mass is 9.86. The van der Waals surface area contributed by atoms with Gasteiger partial charge < -0.3 is 5.73 Å². The van der Waals surface area contributed by atoms with Crippen molar-refractivity contribution in [3.63, 3.8) is 0 Å². The van der Waals surface area contributed by atoms with E-state index in [4.69, 9.17) is 5.73 Å². The Morgan fingerprint density at radius 3 is 2.08 bits per heavy atom. The molecule has 3 rings (SSSR count). The van der Waals surface area contributed by atoms with Crippen LogP contribution in [0, 0.1) is 0 Å². The van der Waals surface area contributed by atoms with Gasteiger partial charge in [0.1, 0.15) is 0 Å². The highest BCUT2D eigenvalue weighted by Crippen LogP contribution is 2.37. The van der Waals surface area contributed by atoms with E-state index in [1.807, 2.05) is 12.1 Å². The van der Waals surface area contributed by atoms with E-state index in [1.54, 1.807) is 12.1 Å². The highest BCUT2D eigenvalue weighted by Gasteiger charge is 2.33. The van der Waals surface area contributed by atoms with Crippen LogP contribution in [0.2, 0.25) is 0 Å². The maximum absolute atomic E-state index is 13.5. The van der Waals surface area contributed by atoms with E-state index in [-0.39, 0.29) is 22.0 Å². The lowest BCUT2D eigenvalue weighted by Gasteiger charge is -2.19. The molecule has 1 heterocycles. The van der Waals surface area contributed by atoms with E-state index in [1.165, 1.54) is 18.2 Å². The van der Waals surface area contributed by atoms with Crippen molar-refractivity contribution in [1.82, 2.24) is 4.98 Å². The Hall–Kier alpha value is -2.56. The van der Waals surface area contributed by atoms with Crippen molar-refractivity contribution in [2.45, 2.75) is 32.4 Å². The Balaban J connectivity index is 2.19. The Morgan fingerprint density at radius 2 is 1.52 bits per heavy atom. The number of nitrogens with two attached hydrogens (primary N) is 1. The number of hydrogen-bond acceptors (Lipinski definition) is 2. The second-order valence-electron chi connectivity index (χ2n) is 7.16. The van der Waals surface area contributed by atoms with Gasteiger partial charge in [0.05, 0.1) is 16.8 Å². The number of anilines is 1. The zero-order chi connectivity index (χ0) is 18.4. The van der Waals surface area contributed by atoms with Crippen molar-refractivity contribution in [2.75, 3.05) is 5.73 Å². The minimum atomic E-state index is -4.46. The fourth-order valence-electron chi connectivity index (χ4n) is 2.77. The first-order valence-electron chi connectivity index (χ1n) is 7.94. The molecule has 0 aliphatic carbocycles. The van der Waals surface area contributed by atoms with Gasteiger partial charge in [-0.2, -0.15) is 13.2 Å². The van der Waals surface area contributed by atoms with Crippen LogP contribution in [0.3, 0.4) is 0 Å². The molecule has 1 aromatic heterocycles. The monoisotopic (exact) mass is 344 g/mol. The fourth-order valence-corrected chi connectivity index (χ4v) is 2.77. The first kappa shape index (κ1) is 17.3. The summed E-state index contributed by atoms with van der Waals surface area (Å²) >= 11 is 0. The number of aromatic nitrogens is 1. The highest BCUT2D eigenvalue weighted by molar-refractivity contribution is 5.88. The van der Waals surface area contributed by atoms with Gasteiger partial charge in [0.25, 0.3) is 0 Å². The summed E-state index contributed by atoms with van der Waals surface area (Å²) in [6, 6.07) is 12.9. The molecular weight excluding hydrogens is 325 g/mol. The molecular formula is C20H19F3N2. The van der Waals surface area contributed by atoms with E-state index in [0.29, 0.717) is 11.3 Å². The van der Waals surface area contributed by atoms with Crippen LogP contribution in [0.5, 0.6) is 0 Å². The fraction of sp³-hybridized carbons (Fsp3) is 0.250. The summed E-state index contributed by atoms with van der Waals surface area (Å²) in [4.78, 5) is 4.39. The number of benzene rings is 2. The predicted octanol–water partition coefficient (Wildman–Crippen LogP) is 5.80. The summed E-state index contributed by atoms with van der Waals surface area (Å²) < 4.78 is 40.4. The van der Waals surface area contributed by atoms with Crippen LogP contribution in [-0.2, 0) is 11.6 Å². The van der Waals surface area contributed by atoms with Gasteiger partial charge in [0, 0.05) is 16.6 Å². The zero-order valence-electron chi connectivity index (χ0n) is 14.3. The molecule has 2 nitrogen and oxygen atoms in total. The van der Waals surface area contributed by atoms with Gasteiger partial charge in [0.15, 0.2) is 0 Å². The SMILES string of the molecule is CC(C)(C)c1ccc(-c2cc(C(F)(F)F)c3ccc(N)cc3n2)cc1. The second-order valence-corrected chi connectivity index (χ2v) is 7.16.